The van der Waals surface area contributed by atoms with Crippen LogP contribution in [0.1, 0.15) is 16.7 Å². The van der Waals surface area contributed by atoms with Gasteiger partial charge in [-0.2, -0.15) is 0 Å². The van der Waals surface area contributed by atoms with Gasteiger partial charge in [0, 0.05) is 35.9 Å². The average molecular weight is 286 g/mol. The lowest BCUT2D eigenvalue weighted by Gasteiger charge is -2.12. The predicted molar refractivity (Wildman–Crippen MR) is 79.1 cm³/mol. The molecule has 0 saturated carbocycles. The van der Waals surface area contributed by atoms with E-state index in [-0.39, 0.29) is 5.48 Å². The van der Waals surface area contributed by atoms with Crippen molar-refractivity contribution in [1.29, 1.82) is 0 Å². The fraction of sp³-hybridized carbons (Fsp3) is 0.200. The Labute approximate surface area is 122 Å². The van der Waals surface area contributed by atoms with E-state index in [1.807, 2.05) is 40.6 Å². The van der Waals surface area contributed by atoms with Crippen LogP contribution in [0.3, 0.4) is 0 Å². The topological polar surface area (TPSA) is 87.4 Å². The van der Waals surface area contributed by atoms with Crippen molar-refractivity contribution < 1.29 is 10.6 Å². The molecule has 1 aromatic carbocycles. The number of rotatable bonds is 4. The van der Waals surface area contributed by atoms with Gasteiger partial charge in [-0.3, -0.25) is 0 Å². The van der Waals surface area contributed by atoms with Crippen molar-refractivity contribution in [3.8, 4) is 5.75 Å². The molecule has 0 aliphatic carbocycles. The summed E-state index contributed by atoms with van der Waals surface area (Å²) in [5.74, 6) is 0.345. The molecule has 6 nitrogen and oxygen atoms in total. The highest BCUT2D eigenvalue weighted by molar-refractivity contribution is 5.43. The molecule has 6 heteroatoms. The zero-order chi connectivity index (χ0) is 13.9. The molecule has 0 fully saturated rings. The minimum absolute atomic E-state index is 0. The molecule has 0 aliphatic heterocycles. The smallest absolute Gasteiger partial charge is 0.125 e. The van der Waals surface area contributed by atoms with E-state index >= 15 is 0 Å². The summed E-state index contributed by atoms with van der Waals surface area (Å²) in [5.41, 5.74) is 2.93. The number of hydrogen-bond acceptors (Lipinski definition) is 3. The Kier molecular flexibility index (Phi) is 4.39. The van der Waals surface area contributed by atoms with Gasteiger partial charge in [0.05, 0.1) is 25.7 Å². The molecule has 3 rings (SSSR count). The molecule has 0 aliphatic rings. The van der Waals surface area contributed by atoms with Crippen LogP contribution >= 0.6 is 0 Å². The molecule has 0 amide bonds. The van der Waals surface area contributed by atoms with E-state index in [0.717, 1.165) is 16.7 Å². The van der Waals surface area contributed by atoms with Gasteiger partial charge in [-0.15, -0.1) is 0 Å². The molecule has 0 saturated heterocycles. The second kappa shape index (κ2) is 6.23. The average Bonchev–Trinajstić information content (AvgIpc) is 3.08. The Hall–Kier alpha value is -2.60. The number of aromatic nitrogens is 4. The van der Waals surface area contributed by atoms with E-state index in [9.17, 15) is 5.11 Å². The summed E-state index contributed by atoms with van der Waals surface area (Å²) < 4.78 is 3.88. The van der Waals surface area contributed by atoms with Gasteiger partial charge in [0.1, 0.15) is 5.75 Å². The van der Waals surface area contributed by atoms with Gasteiger partial charge < -0.3 is 19.7 Å². The number of benzene rings is 1. The first-order chi connectivity index (χ1) is 9.72. The minimum Gasteiger partial charge on any atom is -0.507 e. The molecule has 0 bridgehead atoms. The number of nitrogens with zero attached hydrogens (tertiary/aromatic N) is 4. The maximum absolute atomic E-state index is 10.4. The maximum Gasteiger partial charge on any atom is 0.125 e. The second-order valence-corrected chi connectivity index (χ2v) is 4.90. The number of hydrogen-bond donors (Lipinski definition) is 1. The molecule has 0 spiro atoms. The van der Waals surface area contributed by atoms with Crippen LogP contribution in [0, 0.1) is 6.92 Å². The van der Waals surface area contributed by atoms with Gasteiger partial charge in [-0.25, -0.2) is 9.97 Å². The summed E-state index contributed by atoms with van der Waals surface area (Å²) >= 11 is 0. The van der Waals surface area contributed by atoms with Crippen LogP contribution in [-0.2, 0) is 13.1 Å². The van der Waals surface area contributed by atoms with Gasteiger partial charge in [0.2, 0.25) is 0 Å². The number of aromatic hydroxyl groups is 1. The van der Waals surface area contributed by atoms with Crippen molar-refractivity contribution in [2.24, 2.45) is 0 Å². The van der Waals surface area contributed by atoms with Crippen LogP contribution in [0.2, 0.25) is 0 Å². The Balaban J connectivity index is 0.00000161. The van der Waals surface area contributed by atoms with Crippen LogP contribution in [0.25, 0.3) is 0 Å². The molecule has 0 atom stereocenters. The highest BCUT2D eigenvalue weighted by Gasteiger charge is 2.10. The third-order valence-corrected chi connectivity index (χ3v) is 3.24. The first kappa shape index (κ1) is 14.8. The number of aryl methyl sites for hydroxylation is 1. The van der Waals surface area contributed by atoms with E-state index in [2.05, 4.69) is 9.97 Å². The second-order valence-electron chi connectivity index (χ2n) is 4.90. The number of phenolic OH excluding ortho intramolecular Hbond substituents is 1. The van der Waals surface area contributed by atoms with Crippen molar-refractivity contribution in [3.05, 3.63) is 66.3 Å². The van der Waals surface area contributed by atoms with E-state index in [0.29, 0.717) is 18.8 Å². The molecule has 0 radical (unpaired) electrons. The quantitative estimate of drug-likeness (QED) is 0.785. The maximum atomic E-state index is 10.4. The van der Waals surface area contributed by atoms with Gasteiger partial charge in [0.15, 0.2) is 0 Å². The van der Waals surface area contributed by atoms with Crippen LogP contribution in [0.4, 0.5) is 0 Å². The Morgan fingerprint density at radius 2 is 1.43 bits per heavy atom. The molecular formula is C15H18N4O2. The molecular weight excluding hydrogens is 268 g/mol. The lowest BCUT2D eigenvalue weighted by atomic mass is 10.0. The van der Waals surface area contributed by atoms with Crippen molar-refractivity contribution in [3.63, 3.8) is 0 Å². The first-order valence-electron chi connectivity index (χ1n) is 6.45. The Morgan fingerprint density at radius 1 is 0.952 bits per heavy atom. The SMILES string of the molecule is Cc1cc(Cn2ccnc2)c(O)c(Cn2ccnc2)c1.O. The fourth-order valence-electron chi connectivity index (χ4n) is 2.33. The molecule has 0 unspecified atom stereocenters. The monoisotopic (exact) mass is 286 g/mol. The zero-order valence-corrected chi connectivity index (χ0v) is 11.8. The van der Waals surface area contributed by atoms with E-state index in [1.54, 1.807) is 25.0 Å². The van der Waals surface area contributed by atoms with Gasteiger partial charge in [-0.05, 0) is 6.92 Å². The van der Waals surface area contributed by atoms with Crippen molar-refractivity contribution in [2.45, 2.75) is 20.0 Å². The fourth-order valence-corrected chi connectivity index (χ4v) is 2.33. The normalized spacial score (nSPS) is 10.3. The van der Waals surface area contributed by atoms with Gasteiger partial charge in [-0.1, -0.05) is 17.7 Å². The molecule has 110 valence electrons. The van der Waals surface area contributed by atoms with Crippen molar-refractivity contribution in [2.75, 3.05) is 0 Å². The van der Waals surface area contributed by atoms with E-state index in [1.165, 1.54) is 0 Å². The zero-order valence-electron chi connectivity index (χ0n) is 11.8. The minimum atomic E-state index is 0. The van der Waals surface area contributed by atoms with Crippen LogP contribution in [-0.4, -0.2) is 29.7 Å². The van der Waals surface area contributed by atoms with E-state index < -0.39 is 0 Å². The Bertz CT molecular complexity index is 633. The summed E-state index contributed by atoms with van der Waals surface area (Å²) in [6.07, 6.45) is 10.7. The standard InChI is InChI=1S/C15H16N4O.H2O/c1-12-6-13(8-18-4-2-16-10-18)15(20)14(7-12)9-19-5-3-17-11-19;/h2-7,10-11,20H,8-9H2,1H3;1H2. The summed E-state index contributed by atoms with van der Waals surface area (Å²) in [7, 11) is 0. The lowest BCUT2D eigenvalue weighted by Crippen LogP contribution is -2.02. The van der Waals surface area contributed by atoms with Crippen molar-refractivity contribution >= 4 is 0 Å². The van der Waals surface area contributed by atoms with Crippen molar-refractivity contribution in [1.82, 2.24) is 19.1 Å². The van der Waals surface area contributed by atoms with E-state index in [4.69, 9.17) is 0 Å². The molecule has 2 aromatic heterocycles. The third-order valence-electron chi connectivity index (χ3n) is 3.24. The van der Waals surface area contributed by atoms with Gasteiger partial charge in [0.25, 0.3) is 0 Å². The molecule has 21 heavy (non-hydrogen) atoms. The molecule has 2 heterocycles. The summed E-state index contributed by atoms with van der Waals surface area (Å²) in [4.78, 5) is 8.05. The molecule has 3 aromatic rings. The largest absolute Gasteiger partial charge is 0.507 e. The summed E-state index contributed by atoms with van der Waals surface area (Å²) in [6, 6.07) is 4.01. The first-order valence-corrected chi connectivity index (χ1v) is 6.45. The summed E-state index contributed by atoms with van der Waals surface area (Å²) in [6.45, 7) is 3.27. The van der Waals surface area contributed by atoms with Crippen LogP contribution in [0.5, 0.6) is 5.75 Å². The molecule has 3 N–H and O–H groups in total. The third kappa shape index (κ3) is 3.29. The predicted octanol–water partition coefficient (Wildman–Crippen LogP) is 1.37. The summed E-state index contributed by atoms with van der Waals surface area (Å²) in [5, 5.41) is 10.4. The lowest BCUT2D eigenvalue weighted by molar-refractivity contribution is 0.456. The highest BCUT2D eigenvalue weighted by Crippen LogP contribution is 2.26. The van der Waals surface area contributed by atoms with Gasteiger partial charge >= 0.3 is 0 Å². The highest BCUT2D eigenvalue weighted by atomic mass is 16.3. The number of imidazole rings is 2. The van der Waals surface area contributed by atoms with Crippen LogP contribution in [0.15, 0.2) is 49.6 Å². The number of phenols is 1. The van der Waals surface area contributed by atoms with Crippen LogP contribution < -0.4 is 0 Å². The Morgan fingerprint density at radius 3 is 1.81 bits per heavy atom.